The second-order valence-electron chi connectivity index (χ2n) is 5.84. The minimum absolute atomic E-state index is 0.126. The van der Waals surface area contributed by atoms with Crippen molar-refractivity contribution in [3.63, 3.8) is 0 Å². The van der Waals surface area contributed by atoms with Crippen molar-refractivity contribution in [1.29, 1.82) is 0 Å². The van der Waals surface area contributed by atoms with Crippen molar-refractivity contribution in [1.82, 2.24) is 0 Å². The molecule has 0 saturated carbocycles. The molecule has 1 fully saturated rings. The molecule has 2 aromatic rings. The van der Waals surface area contributed by atoms with Crippen LogP contribution in [0.25, 0.3) is 0 Å². The van der Waals surface area contributed by atoms with Crippen molar-refractivity contribution >= 4 is 34.2 Å². The van der Waals surface area contributed by atoms with Crippen LogP contribution in [0.15, 0.2) is 60.7 Å². The van der Waals surface area contributed by atoms with Gasteiger partial charge in [0.2, 0.25) is 5.91 Å². The summed E-state index contributed by atoms with van der Waals surface area (Å²) >= 11 is 2.33. The van der Waals surface area contributed by atoms with E-state index in [2.05, 4.69) is 41.6 Å². The third kappa shape index (κ3) is 2.59. The molecule has 0 spiro atoms. The fourth-order valence-electron chi connectivity index (χ4n) is 2.98. The predicted octanol–water partition coefficient (Wildman–Crippen LogP) is 4.61. The first-order valence-corrected chi connectivity index (χ1v) is 8.68. The van der Waals surface area contributed by atoms with Gasteiger partial charge in [0.15, 0.2) is 0 Å². The maximum absolute atomic E-state index is 13.0. The zero-order valence-electron chi connectivity index (χ0n) is 12.0. The van der Waals surface area contributed by atoms with E-state index in [9.17, 15) is 4.79 Å². The van der Waals surface area contributed by atoms with Gasteiger partial charge in [0.25, 0.3) is 0 Å². The van der Waals surface area contributed by atoms with Crippen LogP contribution >= 0.6 is 22.6 Å². The molecule has 21 heavy (non-hydrogen) atoms. The van der Waals surface area contributed by atoms with Crippen molar-refractivity contribution in [2.24, 2.45) is 5.41 Å². The second-order valence-corrected chi connectivity index (χ2v) is 6.60. The van der Waals surface area contributed by atoms with Gasteiger partial charge < -0.3 is 4.90 Å². The number of carbonyl (C=O) groups excluding carboxylic acids is 1. The number of halogens is 1. The lowest BCUT2D eigenvalue weighted by atomic mass is 9.88. The molecule has 0 aromatic heterocycles. The normalized spacial score (nSPS) is 25.3. The van der Waals surface area contributed by atoms with Crippen LogP contribution in [-0.2, 0) is 4.79 Å². The number of rotatable bonds is 3. The van der Waals surface area contributed by atoms with Crippen molar-refractivity contribution < 1.29 is 4.79 Å². The minimum Gasteiger partial charge on any atom is -0.304 e. The Hall–Kier alpha value is -1.36. The molecule has 0 N–H and O–H groups in total. The molecule has 108 valence electrons. The summed E-state index contributed by atoms with van der Waals surface area (Å²) in [5.41, 5.74) is 1.92. The number of hydrogen-bond donors (Lipinski definition) is 0. The topological polar surface area (TPSA) is 20.3 Å². The molecule has 1 aliphatic rings. The molecule has 0 aliphatic carbocycles. The molecule has 3 heteroatoms. The number of benzene rings is 2. The summed E-state index contributed by atoms with van der Waals surface area (Å²) < 4.78 is 0.844. The highest BCUT2D eigenvalue weighted by molar-refractivity contribution is 14.1. The first-order valence-electron chi connectivity index (χ1n) is 7.15. The summed E-state index contributed by atoms with van der Waals surface area (Å²) in [6.07, 6.45) is 0.869. The molecule has 0 radical (unpaired) electrons. The lowest BCUT2D eigenvalue weighted by Gasteiger charge is -2.25. The van der Waals surface area contributed by atoms with Gasteiger partial charge in [0.05, 0.1) is 11.5 Å². The maximum atomic E-state index is 13.0. The molecule has 3 rings (SSSR count). The van der Waals surface area contributed by atoms with E-state index < -0.39 is 0 Å². The number of alkyl halides is 1. The van der Waals surface area contributed by atoms with Crippen LogP contribution in [0.5, 0.6) is 0 Å². The Morgan fingerprint density at radius 3 is 2.24 bits per heavy atom. The lowest BCUT2D eigenvalue weighted by Crippen LogP contribution is -2.34. The standard InChI is InChI=1S/C18H18INO/c1-18(13-19)12-16(14-8-4-2-5-9-14)20(17(18)21)15-10-6-3-7-11-15/h2-11,16H,12-13H2,1H3/t16-,18-/m1/s1. The van der Waals surface area contributed by atoms with Gasteiger partial charge in [-0.25, -0.2) is 0 Å². The number of hydrogen-bond acceptors (Lipinski definition) is 1. The number of para-hydroxylation sites is 1. The summed E-state index contributed by atoms with van der Waals surface area (Å²) in [7, 11) is 0. The number of anilines is 1. The fraction of sp³-hybridized carbons (Fsp3) is 0.278. The van der Waals surface area contributed by atoms with E-state index in [1.54, 1.807) is 0 Å². The third-order valence-corrected chi connectivity index (χ3v) is 5.89. The van der Waals surface area contributed by atoms with E-state index in [1.165, 1.54) is 5.56 Å². The number of carbonyl (C=O) groups is 1. The molecule has 1 amide bonds. The Morgan fingerprint density at radius 2 is 1.67 bits per heavy atom. The van der Waals surface area contributed by atoms with Crippen molar-refractivity contribution in [3.05, 3.63) is 66.2 Å². The smallest absolute Gasteiger partial charge is 0.234 e. The zero-order chi connectivity index (χ0) is 14.9. The molecule has 1 saturated heterocycles. The Bertz CT molecular complexity index is 628. The highest BCUT2D eigenvalue weighted by atomic mass is 127. The van der Waals surface area contributed by atoms with Crippen LogP contribution in [-0.4, -0.2) is 10.3 Å². The summed E-state index contributed by atoms with van der Waals surface area (Å²) in [4.78, 5) is 14.9. The van der Waals surface area contributed by atoms with Crippen LogP contribution in [0.4, 0.5) is 5.69 Å². The average Bonchev–Trinajstić information content (AvgIpc) is 2.82. The van der Waals surface area contributed by atoms with Gasteiger partial charge in [-0.3, -0.25) is 4.79 Å². The first-order chi connectivity index (χ1) is 10.2. The molecule has 1 aliphatic heterocycles. The van der Waals surface area contributed by atoms with E-state index in [0.29, 0.717) is 0 Å². The van der Waals surface area contributed by atoms with Gasteiger partial charge >= 0.3 is 0 Å². The fourth-order valence-corrected chi connectivity index (χ4v) is 3.61. The van der Waals surface area contributed by atoms with Crippen LogP contribution < -0.4 is 4.90 Å². The predicted molar refractivity (Wildman–Crippen MR) is 94.7 cm³/mol. The molecule has 2 atom stereocenters. The van der Waals surface area contributed by atoms with Crippen LogP contribution in [0, 0.1) is 5.41 Å². The highest BCUT2D eigenvalue weighted by Crippen LogP contribution is 2.47. The molecule has 0 unspecified atom stereocenters. The molecular formula is C18H18INO. The van der Waals surface area contributed by atoms with Gasteiger partial charge in [0, 0.05) is 10.1 Å². The van der Waals surface area contributed by atoms with E-state index in [-0.39, 0.29) is 17.4 Å². The Balaban J connectivity index is 2.06. The van der Waals surface area contributed by atoms with Crippen LogP contribution in [0.1, 0.15) is 24.9 Å². The lowest BCUT2D eigenvalue weighted by molar-refractivity contribution is -0.123. The summed E-state index contributed by atoms with van der Waals surface area (Å²) in [5, 5.41) is 0. The first kappa shape index (κ1) is 14.6. The van der Waals surface area contributed by atoms with E-state index in [4.69, 9.17) is 0 Å². The van der Waals surface area contributed by atoms with Gasteiger partial charge in [-0.05, 0) is 31.0 Å². The minimum atomic E-state index is -0.281. The van der Waals surface area contributed by atoms with Gasteiger partial charge in [-0.1, -0.05) is 71.1 Å². The molecule has 1 heterocycles. The quantitative estimate of drug-likeness (QED) is 0.553. The number of amides is 1. The summed E-state index contributed by atoms with van der Waals surface area (Å²) in [6, 6.07) is 20.5. The highest BCUT2D eigenvalue weighted by Gasteiger charge is 2.48. The third-order valence-electron chi connectivity index (χ3n) is 4.20. The van der Waals surface area contributed by atoms with Crippen LogP contribution in [0.3, 0.4) is 0 Å². The summed E-state index contributed by atoms with van der Waals surface area (Å²) in [6.45, 7) is 2.08. The Morgan fingerprint density at radius 1 is 1.10 bits per heavy atom. The second kappa shape index (κ2) is 5.79. The maximum Gasteiger partial charge on any atom is 0.234 e. The zero-order valence-corrected chi connectivity index (χ0v) is 14.2. The SMILES string of the molecule is C[C@]1(CI)C[C@H](c2ccccc2)N(c2ccccc2)C1=O. The largest absolute Gasteiger partial charge is 0.304 e. The molecule has 2 aromatic carbocycles. The van der Waals surface area contributed by atoms with Gasteiger partial charge in [0.1, 0.15) is 0 Å². The summed E-state index contributed by atoms with van der Waals surface area (Å²) in [5.74, 6) is 0.233. The molecule has 2 nitrogen and oxygen atoms in total. The molecule has 0 bridgehead atoms. The monoisotopic (exact) mass is 391 g/mol. The van der Waals surface area contributed by atoms with Crippen molar-refractivity contribution in [3.8, 4) is 0 Å². The van der Waals surface area contributed by atoms with E-state index >= 15 is 0 Å². The van der Waals surface area contributed by atoms with Crippen molar-refractivity contribution in [2.45, 2.75) is 19.4 Å². The van der Waals surface area contributed by atoms with E-state index in [1.807, 2.05) is 53.4 Å². The number of nitrogens with zero attached hydrogens (tertiary/aromatic N) is 1. The molecular weight excluding hydrogens is 373 g/mol. The van der Waals surface area contributed by atoms with E-state index in [0.717, 1.165) is 16.5 Å². The Kier molecular flexibility index (Phi) is 4.02. The van der Waals surface area contributed by atoms with Crippen LogP contribution in [0.2, 0.25) is 0 Å². The van der Waals surface area contributed by atoms with Gasteiger partial charge in [-0.15, -0.1) is 0 Å². The average molecular weight is 391 g/mol. The van der Waals surface area contributed by atoms with Gasteiger partial charge in [-0.2, -0.15) is 0 Å². The Labute approximate surface area is 139 Å². The van der Waals surface area contributed by atoms with Crippen molar-refractivity contribution in [2.75, 3.05) is 9.33 Å².